The molecule has 0 aliphatic carbocycles. The minimum Gasteiger partial charge on any atom is -0.340 e. The molecule has 0 saturated carbocycles. The third-order valence-electron chi connectivity index (χ3n) is 2.08. The first kappa shape index (κ1) is 12.1. The van der Waals surface area contributed by atoms with Gasteiger partial charge in [0.2, 0.25) is 0 Å². The lowest BCUT2D eigenvalue weighted by Gasteiger charge is -2.08. The van der Waals surface area contributed by atoms with E-state index in [0.717, 1.165) is 9.26 Å². The van der Waals surface area contributed by atoms with E-state index in [1.165, 1.54) is 0 Å². The molecule has 0 fully saturated rings. The SMILES string of the molecule is Cc1nc(NN)cc(Nc2cccc(I)c2)n1. The maximum absolute atomic E-state index is 5.34. The molecule has 0 spiro atoms. The Morgan fingerprint density at radius 3 is 2.65 bits per heavy atom. The molecule has 17 heavy (non-hydrogen) atoms. The standard InChI is InChI=1S/C11H12IN5/c1-7-14-10(6-11(15-7)17-13)16-9-4-2-3-8(12)5-9/h2-6H,13H2,1H3,(H2,14,15,16,17). The van der Waals surface area contributed by atoms with E-state index in [2.05, 4.69) is 43.3 Å². The van der Waals surface area contributed by atoms with Gasteiger partial charge in [0.05, 0.1) is 0 Å². The number of halogens is 1. The van der Waals surface area contributed by atoms with Crippen LogP contribution in [0, 0.1) is 10.5 Å². The van der Waals surface area contributed by atoms with Crippen molar-refractivity contribution in [2.45, 2.75) is 6.92 Å². The highest BCUT2D eigenvalue weighted by molar-refractivity contribution is 14.1. The number of hydrazine groups is 1. The van der Waals surface area contributed by atoms with Crippen LogP contribution >= 0.6 is 22.6 Å². The van der Waals surface area contributed by atoms with Gasteiger partial charge < -0.3 is 10.7 Å². The predicted molar refractivity (Wildman–Crippen MR) is 77.0 cm³/mol. The lowest BCUT2D eigenvalue weighted by Crippen LogP contribution is -2.10. The van der Waals surface area contributed by atoms with Gasteiger partial charge in [0.1, 0.15) is 17.5 Å². The number of nitrogens with one attached hydrogen (secondary N) is 2. The van der Waals surface area contributed by atoms with Gasteiger partial charge >= 0.3 is 0 Å². The third kappa shape index (κ3) is 3.27. The van der Waals surface area contributed by atoms with Crippen LogP contribution in [0.1, 0.15) is 5.82 Å². The van der Waals surface area contributed by atoms with Gasteiger partial charge in [-0.15, -0.1) is 0 Å². The minimum absolute atomic E-state index is 0.589. The number of anilines is 3. The predicted octanol–water partition coefficient (Wildman–Crippen LogP) is 2.42. The Hall–Kier alpha value is -1.41. The van der Waals surface area contributed by atoms with Gasteiger partial charge in [0, 0.05) is 15.3 Å². The number of hydrogen-bond donors (Lipinski definition) is 3. The summed E-state index contributed by atoms with van der Waals surface area (Å²) < 4.78 is 1.16. The Labute approximate surface area is 113 Å². The molecule has 2 aromatic rings. The summed E-state index contributed by atoms with van der Waals surface area (Å²) in [4.78, 5) is 8.41. The monoisotopic (exact) mass is 341 g/mol. The largest absolute Gasteiger partial charge is 0.340 e. The van der Waals surface area contributed by atoms with E-state index in [1.54, 1.807) is 6.07 Å². The summed E-state index contributed by atoms with van der Waals surface area (Å²) in [6, 6.07) is 9.79. The average molecular weight is 341 g/mol. The lowest BCUT2D eigenvalue weighted by molar-refractivity contribution is 1.05. The molecule has 0 saturated heterocycles. The number of rotatable bonds is 3. The summed E-state index contributed by atoms with van der Waals surface area (Å²) in [5, 5.41) is 3.21. The molecule has 0 radical (unpaired) electrons. The van der Waals surface area contributed by atoms with Crippen LogP contribution < -0.4 is 16.6 Å². The molecule has 0 unspecified atom stereocenters. The van der Waals surface area contributed by atoms with Crippen molar-refractivity contribution in [2.24, 2.45) is 5.84 Å². The zero-order valence-corrected chi connectivity index (χ0v) is 11.4. The second-order valence-corrected chi connectivity index (χ2v) is 4.71. The summed E-state index contributed by atoms with van der Waals surface area (Å²) in [6.45, 7) is 1.82. The number of aryl methyl sites for hydroxylation is 1. The molecule has 6 heteroatoms. The van der Waals surface area contributed by atoms with Crippen molar-refractivity contribution in [3.63, 3.8) is 0 Å². The van der Waals surface area contributed by atoms with E-state index < -0.39 is 0 Å². The van der Waals surface area contributed by atoms with Gasteiger partial charge in [0.25, 0.3) is 0 Å². The first-order valence-electron chi connectivity index (χ1n) is 5.02. The number of nitrogens with zero attached hydrogens (tertiary/aromatic N) is 2. The second-order valence-electron chi connectivity index (χ2n) is 3.47. The second kappa shape index (κ2) is 5.28. The Morgan fingerprint density at radius 2 is 1.94 bits per heavy atom. The van der Waals surface area contributed by atoms with Crippen molar-refractivity contribution in [3.05, 3.63) is 39.7 Å². The normalized spacial score (nSPS) is 10.1. The summed E-state index contributed by atoms with van der Waals surface area (Å²) in [6.07, 6.45) is 0. The molecular formula is C11H12IN5. The molecule has 4 N–H and O–H groups in total. The molecule has 0 amide bonds. The summed E-state index contributed by atoms with van der Waals surface area (Å²) in [7, 11) is 0. The van der Waals surface area contributed by atoms with Crippen molar-refractivity contribution in [3.8, 4) is 0 Å². The number of nitrogen functional groups attached to an aromatic ring is 1. The van der Waals surface area contributed by atoms with Gasteiger partial charge in [0.15, 0.2) is 0 Å². The summed E-state index contributed by atoms with van der Waals surface area (Å²) >= 11 is 2.26. The highest BCUT2D eigenvalue weighted by atomic mass is 127. The lowest BCUT2D eigenvalue weighted by atomic mass is 10.3. The fourth-order valence-electron chi connectivity index (χ4n) is 1.42. The molecule has 88 valence electrons. The maximum Gasteiger partial charge on any atom is 0.145 e. The smallest absolute Gasteiger partial charge is 0.145 e. The zero-order chi connectivity index (χ0) is 12.3. The highest BCUT2D eigenvalue weighted by Crippen LogP contribution is 2.18. The molecule has 0 aliphatic rings. The summed E-state index contributed by atoms with van der Waals surface area (Å²) in [5.74, 6) is 7.30. The molecule has 1 aromatic carbocycles. The molecule has 0 bridgehead atoms. The van der Waals surface area contributed by atoms with E-state index in [9.17, 15) is 0 Å². The molecule has 0 aliphatic heterocycles. The number of aromatic nitrogens is 2. The third-order valence-corrected chi connectivity index (χ3v) is 2.75. The highest BCUT2D eigenvalue weighted by Gasteiger charge is 2.01. The van der Waals surface area contributed by atoms with Crippen LogP contribution in [0.3, 0.4) is 0 Å². The first-order valence-corrected chi connectivity index (χ1v) is 6.10. The molecular weight excluding hydrogens is 329 g/mol. The van der Waals surface area contributed by atoms with Crippen LogP contribution in [-0.2, 0) is 0 Å². The molecule has 2 rings (SSSR count). The van der Waals surface area contributed by atoms with E-state index in [-0.39, 0.29) is 0 Å². The van der Waals surface area contributed by atoms with Crippen LogP contribution in [0.15, 0.2) is 30.3 Å². The van der Waals surface area contributed by atoms with Crippen molar-refractivity contribution in [1.82, 2.24) is 9.97 Å². The van der Waals surface area contributed by atoms with Crippen LogP contribution in [-0.4, -0.2) is 9.97 Å². The van der Waals surface area contributed by atoms with Crippen LogP contribution in [0.2, 0.25) is 0 Å². The van der Waals surface area contributed by atoms with E-state index in [0.29, 0.717) is 17.5 Å². The Kier molecular flexibility index (Phi) is 3.75. The zero-order valence-electron chi connectivity index (χ0n) is 9.24. The Morgan fingerprint density at radius 1 is 1.18 bits per heavy atom. The fraction of sp³-hybridized carbons (Fsp3) is 0.0909. The fourth-order valence-corrected chi connectivity index (χ4v) is 1.96. The van der Waals surface area contributed by atoms with Crippen molar-refractivity contribution in [1.29, 1.82) is 0 Å². The van der Waals surface area contributed by atoms with Crippen LogP contribution in [0.25, 0.3) is 0 Å². The molecule has 1 aromatic heterocycles. The quantitative estimate of drug-likeness (QED) is 0.454. The van der Waals surface area contributed by atoms with Gasteiger partial charge in [-0.05, 0) is 47.7 Å². The van der Waals surface area contributed by atoms with E-state index in [1.807, 2.05) is 31.2 Å². The Balaban J connectivity index is 2.26. The minimum atomic E-state index is 0.589. The van der Waals surface area contributed by atoms with Crippen molar-refractivity contribution >= 4 is 39.9 Å². The van der Waals surface area contributed by atoms with Crippen LogP contribution in [0.4, 0.5) is 17.3 Å². The van der Waals surface area contributed by atoms with Gasteiger partial charge in [-0.3, -0.25) is 0 Å². The van der Waals surface area contributed by atoms with E-state index in [4.69, 9.17) is 5.84 Å². The van der Waals surface area contributed by atoms with Crippen molar-refractivity contribution < 1.29 is 0 Å². The van der Waals surface area contributed by atoms with E-state index >= 15 is 0 Å². The molecule has 1 heterocycles. The number of nitrogens with two attached hydrogens (primary N) is 1. The Bertz CT molecular complexity index is 529. The van der Waals surface area contributed by atoms with Gasteiger partial charge in [-0.1, -0.05) is 6.07 Å². The number of hydrogen-bond acceptors (Lipinski definition) is 5. The topological polar surface area (TPSA) is 75.9 Å². The maximum atomic E-state index is 5.34. The molecule has 0 atom stereocenters. The van der Waals surface area contributed by atoms with Crippen molar-refractivity contribution in [2.75, 3.05) is 10.7 Å². The molecule has 5 nitrogen and oxygen atoms in total. The summed E-state index contributed by atoms with van der Waals surface area (Å²) in [5.41, 5.74) is 3.50. The number of benzene rings is 1. The average Bonchev–Trinajstić information content (AvgIpc) is 2.28. The van der Waals surface area contributed by atoms with Gasteiger partial charge in [-0.25, -0.2) is 15.8 Å². The first-order chi connectivity index (χ1) is 8.17. The van der Waals surface area contributed by atoms with Gasteiger partial charge in [-0.2, -0.15) is 0 Å². The van der Waals surface area contributed by atoms with Crippen LogP contribution in [0.5, 0.6) is 0 Å².